The molecule has 0 fully saturated rings. The molecule has 1 aromatic heterocycles. The minimum atomic E-state index is -3.62. The molecule has 0 bridgehead atoms. The lowest BCUT2D eigenvalue weighted by atomic mass is 10.2. The summed E-state index contributed by atoms with van der Waals surface area (Å²) in [5.41, 5.74) is 1.82. The van der Waals surface area contributed by atoms with Gasteiger partial charge in [-0.3, -0.25) is 0 Å². The summed E-state index contributed by atoms with van der Waals surface area (Å²) < 4.78 is 32.7. The van der Waals surface area contributed by atoms with E-state index < -0.39 is 10.0 Å². The second-order valence-electron chi connectivity index (χ2n) is 4.47. The van der Waals surface area contributed by atoms with Gasteiger partial charge in [0, 0.05) is 13.1 Å². The molecule has 0 radical (unpaired) electrons. The zero-order valence-corrected chi connectivity index (χ0v) is 13.6. The van der Waals surface area contributed by atoms with Crippen LogP contribution in [0.3, 0.4) is 0 Å². The Hall–Kier alpha value is -1.41. The molecule has 7 heteroatoms. The molecule has 21 heavy (non-hydrogen) atoms. The first-order chi connectivity index (χ1) is 10.1. The van der Waals surface area contributed by atoms with E-state index in [4.69, 9.17) is 4.74 Å². The number of thiophene rings is 1. The van der Waals surface area contributed by atoms with Crippen LogP contribution in [0.15, 0.2) is 39.9 Å². The lowest BCUT2D eigenvalue weighted by Gasteiger charge is -2.12. The van der Waals surface area contributed by atoms with Gasteiger partial charge in [0.25, 0.3) is 0 Å². The van der Waals surface area contributed by atoms with Crippen molar-refractivity contribution in [2.45, 2.75) is 18.0 Å². The number of rotatable bonds is 7. The number of hydrogen-bond acceptors (Lipinski definition) is 5. The normalized spacial score (nSPS) is 11.5. The molecule has 0 aliphatic carbocycles. The van der Waals surface area contributed by atoms with Crippen molar-refractivity contribution in [3.8, 4) is 5.75 Å². The van der Waals surface area contributed by atoms with E-state index in [0.29, 0.717) is 12.3 Å². The topological polar surface area (TPSA) is 67.4 Å². The highest BCUT2D eigenvalue weighted by atomic mass is 32.2. The van der Waals surface area contributed by atoms with Gasteiger partial charge in [-0.05, 0) is 47.1 Å². The summed E-state index contributed by atoms with van der Waals surface area (Å²) in [5.74, 6) is 0.340. The van der Waals surface area contributed by atoms with Crippen molar-refractivity contribution < 1.29 is 13.2 Å². The maximum atomic E-state index is 12.5. The molecule has 0 unspecified atom stereocenters. The van der Waals surface area contributed by atoms with E-state index in [2.05, 4.69) is 10.0 Å². The number of methoxy groups -OCH3 is 1. The lowest BCUT2D eigenvalue weighted by molar-refractivity contribution is 0.402. The maximum Gasteiger partial charge on any atom is 0.244 e. The quantitative estimate of drug-likeness (QED) is 0.816. The average Bonchev–Trinajstić information content (AvgIpc) is 2.99. The predicted molar refractivity (Wildman–Crippen MR) is 84.1 cm³/mol. The van der Waals surface area contributed by atoms with Gasteiger partial charge in [-0.1, -0.05) is 6.07 Å². The molecule has 2 N–H and O–H groups in total. The van der Waals surface area contributed by atoms with Gasteiger partial charge in [-0.25, -0.2) is 13.1 Å². The molecule has 1 heterocycles. The standard InChI is InChI=1S/C14H18N2O3S2/c1-15-8-11-3-4-13(19-2)14(7-11)21(17,18)16-9-12-5-6-20-10-12/h3-7,10,15-16H,8-9H2,1-2H3. The van der Waals surface area contributed by atoms with Crippen LogP contribution in [-0.2, 0) is 23.1 Å². The van der Waals surface area contributed by atoms with E-state index in [0.717, 1.165) is 11.1 Å². The van der Waals surface area contributed by atoms with Crippen molar-refractivity contribution in [2.24, 2.45) is 0 Å². The Balaban J connectivity index is 2.26. The highest BCUT2D eigenvalue weighted by Gasteiger charge is 2.19. The van der Waals surface area contributed by atoms with Crippen LogP contribution in [0, 0.1) is 0 Å². The largest absolute Gasteiger partial charge is 0.495 e. The van der Waals surface area contributed by atoms with Crippen LogP contribution in [0.5, 0.6) is 5.75 Å². The first-order valence-electron chi connectivity index (χ1n) is 6.39. The SMILES string of the molecule is CNCc1ccc(OC)c(S(=O)(=O)NCc2ccsc2)c1. The predicted octanol–water partition coefficient (Wildman–Crippen LogP) is 1.95. The third-order valence-electron chi connectivity index (χ3n) is 2.94. The van der Waals surface area contributed by atoms with Crippen molar-refractivity contribution in [1.29, 1.82) is 0 Å². The molecule has 5 nitrogen and oxygen atoms in total. The van der Waals surface area contributed by atoms with Crippen molar-refractivity contribution in [1.82, 2.24) is 10.0 Å². The van der Waals surface area contributed by atoms with Crippen LogP contribution >= 0.6 is 11.3 Å². The Bertz CT molecular complexity index is 682. The summed E-state index contributed by atoms with van der Waals surface area (Å²) in [6.07, 6.45) is 0. The zero-order chi connectivity index (χ0) is 15.3. The lowest BCUT2D eigenvalue weighted by Crippen LogP contribution is -2.24. The van der Waals surface area contributed by atoms with E-state index in [1.165, 1.54) is 18.4 Å². The van der Waals surface area contributed by atoms with Gasteiger partial charge in [-0.2, -0.15) is 11.3 Å². The molecule has 114 valence electrons. The van der Waals surface area contributed by atoms with Gasteiger partial charge in [-0.15, -0.1) is 0 Å². The molecule has 2 rings (SSSR count). The van der Waals surface area contributed by atoms with Crippen LogP contribution in [0.25, 0.3) is 0 Å². The van der Waals surface area contributed by atoms with Gasteiger partial charge in [0.05, 0.1) is 7.11 Å². The van der Waals surface area contributed by atoms with Crippen LogP contribution in [0.1, 0.15) is 11.1 Å². The van der Waals surface area contributed by atoms with E-state index in [1.807, 2.05) is 29.9 Å². The van der Waals surface area contributed by atoms with Gasteiger partial charge in [0.15, 0.2) is 0 Å². The molecule has 0 atom stereocenters. The first kappa shape index (κ1) is 16.0. The monoisotopic (exact) mass is 326 g/mol. The Labute approximate surface area is 129 Å². The number of hydrogen-bond donors (Lipinski definition) is 2. The van der Waals surface area contributed by atoms with Gasteiger partial charge < -0.3 is 10.1 Å². The molecule has 0 spiro atoms. The summed E-state index contributed by atoms with van der Waals surface area (Å²) in [7, 11) is -0.342. The zero-order valence-electron chi connectivity index (χ0n) is 11.9. The molecule has 2 aromatic rings. The van der Waals surface area contributed by atoms with Gasteiger partial charge >= 0.3 is 0 Å². The van der Waals surface area contributed by atoms with Crippen LogP contribution in [0.2, 0.25) is 0 Å². The van der Waals surface area contributed by atoms with Crippen molar-refractivity contribution in [3.63, 3.8) is 0 Å². The molecule has 0 aliphatic rings. The van der Waals surface area contributed by atoms with Crippen LogP contribution < -0.4 is 14.8 Å². The molecule has 0 saturated carbocycles. The number of sulfonamides is 1. The molecular weight excluding hydrogens is 308 g/mol. The van der Waals surface area contributed by atoms with Crippen molar-refractivity contribution in [3.05, 3.63) is 46.2 Å². The summed E-state index contributed by atoms with van der Waals surface area (Å²) in [5, 5.41) is 6.83. The number of benzene rings is 1. The fraction of sp³-hybridized carbons (Fsp3) is 0.286. The molecule has 0 amide bonds. The third-order valence-corrected chi connectivity index (χ3v) is 5.10. The molecular formula is C14H18N2O3S2. The second-order valence-corrected chi connectivity index (χ2v) is 6.99. The summed E-state index contributed by atoms with van der Waals surface area (Å²) in [4.78, 5) is 0.160. The minimum Gasteiger partial charge on any atom is -0.495 e. The highest BCUT2D eigenvalue weighted by Crippen LogP contribution is 2.25. The van der Waals surface area contributed by atoms with Crippen LogP contribution in [0.4, 0.5) is 0 Å². The van der Waals surface area contributed by atoms with Gasteiger partial charge in [0.2, 0.25) is 10.0 Å². The van der Waals surface area contributed by atoms with E-state index in [-0.39, 0.29) is 11.4 Å². The Morgan fingerprint density at radius 2 is 2.00 bits per heavy atom. The summed E-state index contributed by atoms with van der Waals surface area (Å²) >= 11 is 1.53. The Morgan fingerprint density at radius 3 is 2.62 bits per heavy atom. The second kappa shape index (κ2) is 7.04. The van der Waals surface area contributed by atoms with Gasteiger partial charge in [0.1, 0.15) is 10.6 Å². The minimum absolute atomic E-state index is 0.160. The molecule has 0 aliphatic heterocycles. The van der Waals surface area contributed by atoms with Crippen LogP contribution in [-0.4, -0.2) is 22.6 Å². The summed E-state index contributed by atoms with van der Waals surface area (Å²) in [6.45, 7) is 0.863. The third kappa shape index (κ3) is 4.04. The van der Waals surface area contributed by atoms with E-state index in [9.17, 15) is 8.42 Å². The van der Waals surface area contributed by atoms with E-state index in [1.54, 1.807) is 12.1 Å². The Morgan fingerprint density at radius 1 is 1.19 bits per heavy atom. The average molecular weight is 326 g/mol. The highest BCUT2D eigenvalue weighted by molar-refractivity contribution is 7.89. The smallest absolute Gasteiger partial charge is 0.244 e. The number of ether oxygens (including phenoxy) is 1. The fourth-order valence-corrected chi connectivity index (χ4v) is 3.80. The molecule has 1 aromatic carbocycles. The van der Waals surface area contributed by atoms with E-state index >= 15 is 0 Å². The summed E-state index contributed by atoms with van der Waals surface area (Å²) in [6, 6.07) is 7.03. The fourth-order valence-electron chi connectivity index (χ4n) is 1.89. The first-order valence-corrected chi connectivity index (χ1v) is 8.81. The van der Waals surface area contributed by atoms with Crippen molar-refractivity contribution >= 4 is 21.4 Å². The van der Waals surface area contributed by atoms with Crippen molar-refractivity contribution in [2.75, 3.05) is 14.2 Å². The number of nitrogens with one attached hydrogen (secondary N) is 2. The maximum absolute atomic E-state index is 12.5. The Kier molecular flexibility index (Phi) is 5.35. The molecule has 0 saturated heterocycles.